The lowest BCUT2D eigenvalue weighted by Crippen LogP contribution is -2.44. The number of furan rings is 1. The third-order valence-corrected chi connectivity index (χ3v) is 4.05. The lowest BCUT2D eigenvalue weighted by Gasteiger charge is -2.31. The predicted molar refractivity (Wildman–Crippen MR) is 81.3 cm³/mol. The van der Waals surface area contributed by atoms with Gasteiger partial charge >= 0.3 is 0 Å². The standard InChI is InChI=1S/C16H24N2O4/c1-2-3-14(19)10-17-15(20)12-4-7-18(8-5-12)16(21)13-6-9-22-11-13/h6,9,11-12,14,19H,2-5,7-8,10H2,1H3,(H,17,20). The topological polar surface area (TPSA) is 82.8 Å². The number of aliphatic hydroxyl groups is 1. The molecule has 0 spiro atoms. The molecular weight excluding hydrogens is 284 g/mol. The van der Waals surface area contributed by atoms with Crippen LogP contribution in [-0.4, -0.2) is 47.6 Å². The van der Waals surface area contributed by atoms with E-state index in [4.69, 9.17) is 4.42 Å². The zero-order chi connectivity index (χ0) is 15.9. The van der Waals surface area contributed by atoms with Gasteiger partial charge in [-0.2, -0.15) is 0 Å². The van der Waals surface area contributed by atoms with Crippen LogP contribution >= 0.6 is 0 Å². The Morgan fingerprint density at radius 2 is 2.18 bits per heavy atom. The second-order valence-corrected chi connectivity index (χ2v) is 5.77. The highest BCUT2D eigenvalue weighted by Gasteiger charge is 2.28. The number of amides is 2. The first kappa shape index (κ1) is 16.5. The van der Waals surface area contributed by atoms with Gasteiger partial charge in [-0.1, -0.05) is 13.3 Å². The largest absolute Gasteiger partial charge is 0.472 e. The average molecular weight is 308 g/mol. The van der Waals surface area contributed by atoms with E-state index in [-0.39, 0.29) is 17.7 Å². The van der Waals surface area contributed by atoms with Crippen LogP contribution in [-0.2, 0) is 4.79 Å². The first-order valence-corrected chi connectivity index (χ1v) is 7.89. The van der Waals surface area contributed by atoms with Gasteiger partial charge in [0.1, 0.15) is 6.26 Å². The number of aliphatic hydroxyl groups excluding tert-OH is 1. The van der Waals surface area contributed by atoms with E-state index in [9.17, 15) is 14.7 Å². The lowest BCUT2D eigenvalue weighted by molar-refractivity contribution is -0.126. The van der Waals surface area contributed by atoms with Crippen molar-refractivity contribution in [2.75, 3.05) is 19.6 Å². The predicted octanol–water partition coefficient (Wildman–Crippen LogP) is 1.41. The summed E-state index contributed by atoms with van der Waals surface area (Å²) in [5, 5.41) is 12.4. The number of nitrogens with zero attached hydrogens (tertiary/aromatic N) is 1. The van der Waals surface area contributed by atoms with Crippen molar-refractivity contribution in [3.05, 3.63) is 24.2 Å². The van der Waals surface area contributed by atoms with Crippen molar-refractivity contribution in [3.8, 4) is 0 Å². The first-order chi connectivity index (χ1) is 10.6. The number of hydrogen-bond acceptors (Lipinski definition) is 4. The fraction of sp³-hybridized carbons (Fsp3) is 0.625. The Morgan fingerprint density at radius 3 is 2.77 bits per heavy atom. The minimum atomic E-state index is -0.475. The number of piperidine rings is 1. The monoisotopic (exact) mass is 308 g/mol. The molecule has 1 aromatic heterocycles. The molecule has 122 valence electrons. The maximum atomic E-state index is 12.2. The van der Waals surface area contributed by atoms with E-state index < -0.39 is 6.10 Å². The third kappa shape index (κ3) is 4.34. The molecule has 1 fully saturated rings. The molecule has 1 unspecified atom stereocenters. The SMILES string of the molecule is CCCC(O)CNC(=O)C1CCN(C(=O)c2ccoc2)CC1. The zero-order valence-electron chi connectivity index (χ0n) is 13.0. The Morgan fingerprint density at radius 1 is 1.45 bits per heavy atom. The van der Waals surface area contributed by atoms with E-state index in [2.05, 4.69) is 5.32 Å². The molecule has 2 N–H and O–H groups in total. The minimum absolute atomic E-state index is 0.0226. The molecule has 22 heavy (non-hydrogen) atoms. The van der Waals surface area contributed by atoms with E-state index in [0.717, 1.165) is 6.42 Å². The molecule has 0 saturated carbocycles. The number of likely N-dealkylation sites (tertiary alicyclic amines) is 1. The van der Waals surface area contributed by atoms with E-state index in [1.54, 1.807) is 11.0 Å². The molecule has 1 aliphatic heterocycles. The van der Waals surface area contributed by atoms with Gasteiger partial charge in [0.25, 0.3) is 5.91 Å². The molecule has 1 atom stereocenters. The van der Waals surface area contributed by atoms with Gasteiger partial charge in [0.05, 0.1) is 17.9 Å². The summed E-state index contributed by atoms with van der Waals surface area (Å²) in [5.74, 6) is -0.154. The molecule has 1 aliphatic rings. The summed E-state index contributed by atoms with van der Waals surface area (Å²) >= 11 is 0. The molecule has 0 bridgehead atoms. The molecule has 2 rings (SSSR count). The summed E-state index contributed by atoms with van der Waals surface area (Å²) in [6.07, 6.45) is 5.34. The van der Waals surface area contributed by atoms with Gasteiger partial charge in [0.2, 0.25) is 5.91 Å². The summed E-state index contributed by atoms with van der Waals surface area (Å²) in [4.78, 5) is 26.0. The lowest BCUT2D eigenvalue weighted by atomic mass is 9.95. The molecular formula is C16H24N2O4. The Balaban J connectivity index is 1.74. The minimum Gasteiger partial charge on any atom is -0.472 e. The molecule has 0 aromatic carbocycles. The molecule has 1 saturated heterocycles. The average Bonchev–Trinajstić information content (AvgIpc) is 3.07. The number of nitrogens with one attached hydrogen (secondary N) is 1. The summed E-state index contributed by atoms with van der Waals surface area (Å²) < 4.78 is 4.92. The Kier molecular flexibility index (Phi) is 6.00. The first-order valence-electron chi connectivity index (χ1n) is 7.89. The molecule has 0 radical (unpaired) electrons. The highest BCUT2D eigenvalue weighted by molar-refractivity contribution is 5.94. The molecule has 2 amide bonds. The number of carbonyl (C=O) groups is 2. The molecule has 0 aliphatic carbocycles. The van der Waals surface area contributed by atoms with Crippen LogP contribution in [0.1, 0.15) is 43.0 Å². The van der Waals surface area contributed by atoms with Gasteiger partial charge in [-0.15, -0.1) is 0 Å². The van der Waals surface area contributed by atoms with Crippen molar-refractivity contribution in [2.45, 2.75) is 38.7 Å². The van der Waals surface area contributed by atoms with Crippen LogP contribution in [0.15, 0.2) is 23.0 Å². The van der Waals surface area contributed by atoms with Crippen molar-refractivity contribution < 1.29 is 19.1 Å². The van der Waals surface area contributed by atoms with Gasteiger partial charge in [0.15, 0.2) is 0 Å². The van der Waals surface area contributed by atoms with Crippen LogP contribution in [0.4, 0.5) is 0 Å². The van der Waals surface area contributed by atoms with Gasteiger partial charge in [-0.25, -0.2) is 0 Å². The van der Waals surface area contributed by atoms with Crippen molar-refractivity contribution in [2.24, 2.45) is 5.92 Å². The number of rotatable bonds is 6. The van der Waals surface area contributed by atoms with Crippen molar-refractivity contribution >= 4 is 11.8 Å². The van der Waals surface area contributed by atoms with Crippen LogP contribution < -0.4 is 5.32 Å². The molecule has 6 heteroatoms. The highest BCUT2D eigenvalue weighted by atomic mass is 16.3. The second-order valence-electron chi connectivity index (χ2n) is 5.77. The number of hydrogen-bond donors (Lipinski definition) is 2. The summed E-state index contributed by atoms with van der Waals surface area (Å²) in [6, 6.07) is 1.65. The normalized spacial score (nSPS) is 17.3. The van der Waals surface area contributed by atoms with Gasteiger partial charge in [-0.3, -0.25) is 9.59 Å². The van der Waals surface area contributed by atoms with E-state index in [1.165, 1.54) is 12.5 Å². The van der Waals surface area contributed by atoms with Crippen LogP contribution in [0.3, 0.4) is 0 Å². The maximum absolute atomic E-state index is 12.2. The van der Waals surface area contributed by atoms with Crippen molar-refractivity contribution in [1.29, 1.82) is 0 Å². The fourth-order valence-corrected chi connectivity index (χ4v) is 2.71. The van der Waals surface area contributed by atoms with E-state index >= 15 is 0 Å². The Bertz CT molecular complexity index is 478. The van der Waals surface area contributed by atoms with Crippen molar-refractivity contribution in [3.63, 3.8) is 0 Å². The van der Waals surface area contributed by atoms with Gasteiger partial charge in [0, 0.05) is 25.6 Å². The highest BCUT2D eigenvalue weighted by Crippen LogP contribution is 2.19. The third-order valence-electron chi connectivity index (χ3n) is 4.05. The maximum Gasteiger partial charge on any atom is 0.257 e. The van der Waals surface area contributed by atoms with Crippen LogP contribution in [0.2, 0.25) is 0 Å². The Labute approximate surface area is 130 Å². The van der Waals surface area contributed by atoms with Crippen LogP contribution in [0.5, 0.6) is 0 Å². The van der Waals surface area contributed by atoms with Gasteiger partial charge in [-0.05, 0) is 25.3 Å². The Hall–Kier alpha value is -1.82. The zero-order valence-corrected chi connectivity index (χ0v) is 13.0. The van der Waals surface area contributed by atoms with Crippen LogP contribution in [0.25, 0.3) is 0 Å². The smallest absolute Gasteiger partial charge is 0.257 e. The number of carbonyl (C=O) groups excluding carboxylic acids is 2. The summed E-state index contributed by atoms with van der Waals surface area (Å²) in [6.45, 7) is 3.44. The molecule has 2 heterocycles. The van der Waals surface area contributed by atoms with E-state index in [1.807, 2.05) is 6.92 Å². The fourth-order valence-electron chi connectivity index (χ4n) is 2.71. The van der Waals surface area contributed by atoms with Crippen LogP contribution in [0, 0.1) is 5.92 Å². The molecule has 1 aromatic rings. The van der Waals surface area contributed by atoms with E-state index in [0.29, 0.717) is 44.5 Å². The van der Waals surface area contributed by atoms with Gasteiger partial charge < -0.3 is 19.7 Å². The van der Waals surface area contributed by atoms with Crippen molar-refractivity contribution in [1.82, 2.24) is 10.2 Å². The summed E-state index contributed by atoms with van der Waals surface area (Å²) in [5.41, 5.74) is 0.547. The second kappa shape index (κ2) is 7.98. The quantitative estimate of drug-likeness (QED) is 0.832. The molecule has 6 nitrogen and oxygen atoms in total. The summed E-state index contributed by atoms with van der Waals surface area (Å²) in [7, 11) is 0.